The van der Waals surface area contributed by atoms with E-state index in [9.17, 15) is 4.79 Å². The molecule has 0 aromatic heterocycles. The molecule has 0 saturated heterocycles. The highest BCUT2D eigenvalue weighted by atomic mass is 35.5. The zero-order valence-electron chi connectivity index (χ0n) is 8.43. The number of nitrogens with zero attached hydrogens (tertiary/aromatic N) is 1. The van der Waals surface area contributed by atoms with Gasteiger partial charge in [0.1, 0.15) is 5.16 Å². The Hall–Kier alpha value is -1.72. The van der Waals surface area contributed by atoms with Crippen LogP contribution in [0.25, 0.3) is 0 Å². The van der Waals surface area contributed by atoms with Crippen molar-refractivity contribution in [3.63, 3.8) is 0 Å². The van der Waals surface area contributed by atoms with Crippen molar-refractivity contribution in [2.45, 2.75) is 6.54 Å². The van der Waals surface area contributed by atoms with Crippen molar-refractivity contribution in [1.82, 2.24) is 5.01 Å². The number of carboxylic acid groups (broad SMARTS) is 1. The first kappa shape index (κ1) is 12.4. The molecule has 6 heteroatoms. The summed E-state index contributed by atoms with van der Waals surface area (Å²) in [5.41, 5.74) is 5.67. The summed E-state index contributed by atoms with van der Waals surface area (Å²) in [5.74, 6) is 4.29. The normalized spacial score (nSPS) is 11.9. The number of benzene rings is 1. The standard InChI is InChI=1S/C10H12ClN3O2/c11-9(8(12)10(15)16)14(13)6-7-4-2-1-3-5-7/h1-5H,6,12-13H2,(H,15,16)/b9-8-. The van der Waals surface area contributed by atoms with Gasteiger partial charge >= 0.3 is 5.97 Å². The van der Waals surface area contributed by atoms with Gasteiger partial charge < -0.3 is 10.8 Å². The van der Waals surface area contributed by atoms with Gasteiger partial charge in [-0.05, 0) is 5.56 Å². The van der Waals surface area contributed by atoms with E-state index in [2.05, 4.69) is 0 Å². The first-order valence-corrected chi connectivity index (χ1v) is 4.85. The van der Waals surface area contributed by atoms with Crippen LogP contribution in [0.5, 0.6) is 0 Å². The third-order valence-corrected chi connectivity index (χ3v) is 2.32. The van der Waals surface area contributed by atoms with Crippen LogP contribution >= 0.6 is 11.6 Å². The number of carboxylic acids is 1. The Kier molecular flexibility index (Phi) is 4.16. The molecule has 0 unspecified atom stereocenters. The Labute approximate surface area is 97.9 Å². The van der Waals surface area contributed by atoms with Gasteiger partial charge in [0, 0.05) is 0 Å². The third kappa shape index (κ3) is 3.15. The Bertz CT molecular complexity index is 406. The van der Waals surface area contributed by atoms with E-state index in [1.807, 2.05) is 30.3 Å². The summed E-state index contributed by atoms with van der Waals surface area (Å²) in [6.07, 6.45) is 0. The van der Waals surface area contributed by atoms with Crippen LogP contribution in [0.1, 0.15) is 5.56 Å². The van der Waals surface area contributed by atoms with Gasteiger partial charge in [0.2, 0.25) is 0 Å². The average Bonchev–Trinajstić information content (AvgIpc) is 2.28. The van der Waals surface area contributed by atoms with E-state index >= 15 is 0 Å². The summed E-state index contributed by atoms with van der Waals surface area (Å²) in [7, 11) is 0. The van der Waals surface area contributed by atoms with Crippen LogP contribution in [0.3, 0.4) is 0 Å². The van der Waals surface area contributed by atoms with Crippen molar-refractivity contribution in [2.24, 2.45) is 11.6 Å². The van der Waals surface area contributed by atoms with Crippen molar-refractivity contribution in [3.8, 4) is 0 Å². The number of hydrazine groups is 1. The van der Waals surface area contributed by atoms with Crippen LogP contribution in [-0.2, 0) is 11.3 Å². The van der Waals surface area contributed by atoms with E-state index in [4.69, 9.17) is 28.3 Å². The first-order chi connectivity index (χ1) is 7.52. The summed E-state index contributed by atoms with van der Waals surface area (Å²) in [6, 6.07) is 9.26. The van der Waals surface area contributed by atoms with Crippen molar-refractivity contribution < 1.29 is 9.90 Å². The second kappa shape index (κ2) is 5.39. The lowest BCUT2D eigenvalue weighted by atomic mass is 10.2. The van der Waals surface area contributed by atoms with E-state index < -0.39 is 11.7 Å². The number of carbonyl (C=O) groups is 1. The van der Waals surface area contributed by atoms with Gasteiger partial charge in [-0.2, -0.15) is 0 Å². The van der Waals surface area contributed by atoms with Crippen molar-refractivity contribution in [1.29, 1.82) is 0 Å². The maximum absolute atomic E-state index is 10.5. The molecule has 0 radical (unpaired) electrons. The second-order valence-corrected chi connectivity index (χ2v) is 3.48. The predicted molar refractivity (Wildman–Crippen MR) is 60.9 cm³/mol. The van der Waals surface area contributed by atoms with Crippen molar-refractivity contribution in [2.75, 3.05) is 0 Å². The molecule has 1 aromatic carbocycles. The number of nitrogens with two attached hydrogens (primary N) is 2. The molecule has 0 heterocycles. The highest BCUT2D eigenvalue weighted by Crippen LogP contribution is 2.12. The van der Waals surface area contributed by atoms with Gasteiger partial charge in [0.25, 0.3) is 0 Å². The molecule has 5 N–H and O–H groups in total. The number of hydrogen-bond donors (Lipinski definition) is 3. The minimum atomic E-state index is -1.30. The first-order valence-electron chi connectivity index (χ1n) is 4.47. The number of hydrogen-bond acceptors (Lipinski definition) is 4. The molecule has 86 valence electrons. The van der Waals surface area contributed by atoms with Crippen LogP contribution < -0.4 is 11.6 Å². The molecule has 0 aliphatic rings. The monoisotopic (exact) mass is 241 g/mol. The van der Waals surface area contributed by atoms with Gasteiger partial charge in [0.15, 0.2) is 5.70 Å². The fraction of sp³-hybridized carbons (Fsp3) is 0.100. The second-order valence-electron chi connectivity index (χ2n) is 3.12. The summed E-state index contributed by atoms with van der Waals surface area (Å²) >= 11 is 5.70. The number of halogens is 1. The Balaban J connectivity index is 2.77. The molecule has 0 amide bonds. The van der Waals surface area contributed by atoms with Gasteiger partial charge in [-0.3, -0.25) is 5.01 Å². The van der Waals surface area contributed by atoms with Crippen LogP contribution in [0.4, 0.5) is 0 Å². The molecule has 5 nitrogen and oxygen atoms in total. The summed E-state index contributed by atoms with van der Waals surface area (Å²) in [6.45, 7) is 0.285. The van der Waals surface area contributed by atoms with Crippen LogP contribution in [0, 0.1) is 0 Å². The Morgan fingerprint density at radius 2 is 1.94 bits per heavy atom. The minimum Gasteiger partial charge on any atom is -0.476 e. The van der Waals surface area contributed by atoms with E-state index in [1.54, 1.807) is 0 Å². The largest absolute Gasteiger partial charge is 0.476 e. The molecule has 0 aliphatic carbocycles. The van der Waals surface area contributed by atoms with E-state index in [-0.39, 0.29) is 11.7 Å². The fourth-order valence-corrected chi connectivity index (χ4v) is 1.23. The van der Waals surface area contributed by atoms with Gasteiger partial charge in [-0.25, -0.2) is 10.6 Å². The summed E-state index contributed by atoms with van der Waals surface area (Å²) in [4.78, 5) is 10.5. The quantitative estimate of drug-likeness (QED) is 0.314. The van der Waals surface area contributed by atoms with Crippen molar-refractivity contribution >= 4 is 17.6 Å². The molecule has 0 fully saturated rings. The molecule has 0 spiro atoms. The molecular formula is C10H12ClN3O2. The Morgan fingerprint density at radius 3 is 2.44 bits per heavy atom. The highest BCUT2D eigenvalue weighted by Gasteiger charge is 2.13. The lowest BCUT2D eigenvalue weighted by Crippen LogP contribution is -2.31. The smallest absolute Gasteiger partial charge is 0.354 e. The topological polar surface area (TPSA) is 92.6 Å². The molecule has 0 bridgehead atoms. The Morgan fingerprint density at radius 1 is 1.38 bits per heavy atom. The zero-order valence-corrected chi connectivity index (χ0v) is 9.19. The van der Waals surface area contributed by atoms with Crippen LogP contribution in [0.2, 0.25) is 0 Å². The number of aliphatic carboxylic acids is 1. The van der Waals surface area contributed by atoms with Crippen LogP contribution in [0.15, 0.2) is 41.2 Å². The maximum Gasteiger partial charge on any atom is 0.354 e. The summed E-state index contributed by atoms with van der Waals surface area (Å²) in [5, 5.41) is 9.52. The van der Waals surface area contributed by atoms with E-state index in [0.717, 1.165) is 10.6 Å². The van der Waals surface area contributed by atoms with Gasteiger partial charge in [-0.15, -0.1) is 0 Å². The third-order valence-electron chi connectivity index (χ3n) is 1.90. The van der Waals surface area contributed by atoms with Crippen molar-refractivity contribution in [3.05, 3.63) is 46.7 Å². The highest BCUT2D eigenvalue weighted by molar-refractivity contribution is 6.31. The van der Waals surface area contributed by atoms with Gasteiger partial charge in [0.05, 0.1) is 6.54 Å². The minimum absolute atomic E-state index is 0.184. The SMILES string of the molecule is N/C(C(=O)O)=C(/Cl)N(N)Cc1ccccc1. The maximum atomic E-state index is 10.5. The number of rotatable bonds is 4. The zero-order chi connectivity index (χ0) is 12.1. The van der Waals surface area contributed by atoms with Gasteiger partial charge in [-0.1, -0.05) is 41.9 Å². The van der Waals surface area contributed by atoms with E-state index in [0.29, 0.717) is 0 Å². The lowest BCUT2D eigenvalue weighted by Gasteiger charge is -2.18. The van der Waals surface area contributed by atoms with Crippen LogP contribution in [-0.4, -0.2) is 16.1 Å². The molecular weight excluding hydrogens is 230 g/mol. The molecule has 0 atom stereocenters. The molecule has 1 aromatic rings. The predicted octanol–water partition coefficient (Wildman–Crippen LogP) is 0.813. The lowest BCUT2D eigenvalue weighted by molar-refractivity contribution is -0.132. The molecule has 0 saturated carbocycles. The average molecular weight is 242 g/mol. The molecule has 16 heavy (non-hydrogen) atoms. The fourth-order valence-electron chi connectivity index (χ4n) is 1.09. The van der Waals surface area contributed by atoms with E-state index in [1.165, 1.54) is 0 Å². The molecule has 0 aliphatic heterocycles. The molecule has 1 rings (SSSR count). The summed E-state index contributed by atoms with van der Waals surface area (Å²) < 4.78 is 0.